The molecule has 0 aliphatic heterocycles. The lowest BCUT2D eigenvalue weighted by atomic mass is 10.0. The largest absolute Gasteiger partial charge is 0.311 e. The highest BCUT2D eigenvalue weighted by Gasteiger charge is 2.19. The van der Waals surface area contributed by atoms with E-state index in [0.717, 1.165) is 33.8 Å². The molecule has 2 heteroatoms. The number of aryl methyl sites for hydroxylation is 5. The molecule has 0 spiro atoms. The summed E-state index contributed by atoms with van der Waals surface area (Å²) in [4.78, 5) is 0. The average molecular weight is 294 g/mol. The van der Waals surface area contributed by atoms with Crippen LogP contribution in [0.15, 0.2) is 48.8 Å². The maximum atomic E-state index is 8.00. The third-order valence-electron chi connectivity index (χ3n) is 4.07. The van der Waals surface area contributed by atoms with E-state index in [-0.39, 0.29) is 0 Å². The van der Waals surface area contributed by atoms with Gasteiger partial charge < -0.3 is 4.57 Å². The minimum Gasteiger partial charge on any atom is -0.311 e. The Bertz CT molecular complexity index is 937. The van der Waals surface area contributed by atoms with Gasteiger partial charge in [0.15, 0.2) is 6.20 Å². The van der Waals surface area contributed by atoms with Gasteiger partial charge in [-0.25, -0.2) is 0 Å². The van der Waals surface area contributed by atoms with Crippen molar-refractivity contribution in [3.05, 3.63) is 71.0 Å². The van der Waals surface area contributed by atoms with E-state index < -0.39 is 6.85 Å². The van der Waals surface area contributed by atoms with Crippen molar-refractivity contribution in [3.8, 4) is 17.1 Å². The second-order valence-electron chi connectivity index (χ2n) is 5.89. The molecule has 3 aromatic rings. The Kier molecular flexibility index (Phi) is 2.79. The number of benzene rings is 1. The predicted molar refractivity (Wildman–Crippen MR) is 91.3 cm³/mol. The van der Waals surface area contributed by atoms with Gasteiger partial charge in [-0.1, -0.05) is 17.7 Å². The Labute approximate surface area is 136 Å². The van der Waals surface area contributed by atoms with Crippen LogP contribution in [0, 0.1) is 27.6 Å². The Morgan fingerprint density at radius 3 is 2.50 bits per heavy atom. The fourth-order valence-corrected chi connectivity index (χ4v) is 3.09. The third kappa shape index (κ3) is 2.35. The van der Waals surface area contributed by atoms with Crippen LogP contribution in [0.4, 0.5) is 0 Å². The van der Waals surface area contributed by atoms with Crippen molar-refractivity contribution in [2.45, 2.75) is 27.6 Å². The molecule has 0 saturated heterocycles. The molecule has 0 amide bonds. The van der Waals surface area contributed by atoms with Crippen LogP contribution in [0.1, 0.15) is 26.4 Å². The van der Waals surface area contributed by atoms with Gasteiger partial charge in [-0.05, 0) is 56.4 Å². The first-order valence-corrected chi connectivity index (χ1v) is 7.45. The number of rotatable bonds is 2. The predicted octanol–water partition coefficient (Wildman–Crippen LogP) is 4.20. The highest BCUT2D eigenvalue weighted by atomic mass is 15.0. The summed E-state index contributed by atoms with van der Waals surface area (Å²) in [5.74, 6) is 0. The van der Waals surface area contributed by atoms with Crippen LogP contribution in [-0.4, -0.2) is 4.57 Å². The molecule has 2 aromatic heterocycles. The molecular formula is C20H23N2+. The zero-order valence-corrected chi connectivity index (χ0v) is 13.5. The van der Waals surface area contributed by atoms with E-state index in [1.165, 1.54) is 0 Å². The van der Waals surface area contributed by atoms with Gasteiger partial charge in [-0.2, -0.15) is 4.57 Å². The maximum absolute atomic E-state index is 8.00. The van der Waals surface area contributed by atoms with Crippen molar-refractivity contribution >= 4 is 0 Å². The molecule has 112 valence electrons. The summed E-state index contributed by atoms with van der Waals surface area (Å²) in [7, 11) is 2.00. The van der Waals surface area contributed by atoms with Crippen LogP contribution >= 0.6 is 0 Å². The SMILES string of the molecule is [2H]C([2H])([2H])c1cc(C)cc(C)c1-n1ccc(C)c1-c1cccc[n+]1C. The highest BCUT2D eigenvalue weighted by Crippen LogP contribution is 2.29. The van der Waals surface area contributed by atoms with E-state index in [0.29, 0.717) is 5.56 Å². The van der Waals surface area contributed by atoms with E-state index in [4.69, 9.17) is 4.11 Å². The highest BCUT2D eigenvalue weighted by molar-refractivity contribution is 5.63. The fourth-order valence-electron chi connectivity index (χ4n) is 3.09. The molecule has 0 N–H and O–H groups in total. The van der Waals surface area contributed by atoms with E-state index >= 15 is 0 Å². The first kappa shape index (κ1) is 11.2. The molecule has 0 saturated carbocycles. The lowest BCUT2D eigenvalue weighted by Gasteiger charge is -2.15. The number of pyridine rings is 1. The molecule has 3 rings (SSSR count). The third-order valence-corrected chi connectivity index (χ3v) is 4.07. The van der Waals surface area contributed by atoms with Crippen LogP contribution in [0.3, 0.4) is 0 Å². The molecule has 0 fully saturated rings. The summed E-state index contributed by atoms with van der Waals surface area (Å²) in [6.45, 7) is 3.80. The molecule has 2 heterocycles. The van der Waals surface area contributed by atoms with E-state index in [1.54, 1.807) is 6.07 Å². The number of aromatic nitrogens is 2. The fraction of sp³-hybridized carbons (Fsp3) is 0.250. The van der Waals surface area contributed by atoms with Gasteiger partial charge >= 0.3 is 0 Å². The van der Waals surface area contributed by atoms with Crippen LogP contribution in [0.25, 0.3) is 17.1 Å². The quantitative estimate of drug-likeness (QED) is 0.626. The van der Waals surface area contributed by atoms with Crippen LogP contribution in [-0.2, 0) is 7.05 Å². The van der Waals surface area contributed by atoms with Gasteiger partial charge in [0.2, 0.25) is 5.69 Å². The molecule has 0 radical (unpaired) electrons. The first-order chi connectivity index (χ1) is 11.7. The van der Waals surface area contributed by atoms with E-state index in [2.05, 4.69) is 17.6 Å². The van der Waals surface area contributed by atoms with Crippen molar-refractivity contribution in [1.29, 1.82) is 0 Å². The van der Waals surface area contributed by atoms with Crippen molar-refractivity contribution in [2.75, 3.05) is 0 Å². The normalized spacial score (nSPS) is 13.5. The molecule has 0 atom stereocenters. The Hall–Kier alpha value is -2.35. The molecule has 0 unspecified atom stereocenters. The molecule has 22 heavy (non-hydrogen) atoms. The Balaban J connectivity index is 2.36. The maximum Gasteiger partial charge on any atom is 0.229 e. The van der Waals surface area contributed by atoms with Crippen molar-refractivity contribution in [1.82, 2.24) is 4.57 Å². The second kappa shape index (κ2) is 5.45. The van der Waals surface area contributed by atoms with Crippen LogP contribution in [0.5, 0.6) is 0 Å². The van der Waals surface area contributed by atoms with Crippen molar-refractivity contribution in [3.63, 3.8) is 0 Å². The van der Waals surface area contributed by atoms with Gasteiger partial charge in [-0.15, -0.1) is 0 Å². The van der Waals surface area contributed by atoms with Gasteiger partial charge in [0.05, 0.1) is 5.69 Å². The summed E-state index contributed by atoms with van der Waals surface area (Å²) in [6.07, 6.45) is 3.96. The lowest BCUT2D eigenvalue weighted by Crippen LogP contribution is -2.30. The summed E-state index contributed by atoms with van der Waals surface area (Å²) >= 11 is 0. The van der Waals surface area contributed by atoms with Crippen molar-refractivity contribution < 1.29 is 8.68 Å². The van der Waals surface area contributed by atoms with Crippen LogP contribution < -0.4 is 4.57 Å². The minimum atomic E-state index is -2.17. The van der Waals surface area contributed by atoms with Crippen molar-refractivity contribution in [2.24, 2.45) is 7.05 Å². The average Bonchev–Trinajstić information content (AvgIpc) is 2.87. The van der Waals surface area contributed by atoms with Crippen LogP contribution in [0.2, 0.25) is 0 Å². The summed E-state index contributed by atoms with van der Waals surface area (Å²) in [5, 5.41) is 0. The molecular weight excluding hydrogens is 268 g/mol. The van der Waals surface area contributed by atoms with Gasteiger partial charge in [-0.3, -0.25) is 0 Å². The zero-order chi connectivity index (χ0) is 18.4. The van der Waals surface area contributed by atoms with Gasteiger partial charge in [0.25, 0.3) is 0 Å². The van der Waals surface area contributed by atoms with Gasteiger partial charge in [0.1, 0.15) is 12.7 Å². The number of nitrogens with zero attached hydrogens (tertiary/aromatic N) is 2. The molecule has 0 aliphatic rings. The molecule has 2 nitrogen and oxygen atoms in total. The number of hydrogen-bond donors (Lipinski definition) is 0. The Morgan fingerprint density at radius 1 is 1.00 bits per heavy atom. The second-order valence-corrected chi connectivity index (χ2v) is 5.89. The lowest BCUT2D eigenvalue weighted by molar-refractivity contribution is -0.660. The smallest absolute Gasteiger partial charge is 0.229 e. The standard InChI is InChI=1S/C20H23N2/c1-14-12-16(3)19(17(4)13-14)22-11-9-15(2)20(22)18-8-6-7-10-21(18)5/h6-13H,1-5H3/q+1/i3D3. The summed E-state index contributed by atoms with van der Waals surface area (Å²) in [5.41, 5.74) is 6.22. The molecule has 1 aromatic carbocycles. The first-order valence-electron chi connectivity index (χ1n) is 8.95. The molecule has 0 aliphatic carbocycles. The number of hydrogen-bond acceptors (Lipinski definition) is 0. The Morgan fingerprint density at radius 2 is 1.77 bits per heavy atom. The van der Waals surface area contributed by atoms with E-state index in [1.807, 2.05) is 62.1 Å². The summed E-state index contributed by atoms with van der Waals surface area (Å²) < 4.78 is 28.1. The summed E-state index contributed by atoms with van der Waals surface area (Å²) in [6, 6.07) is 11.9. The van der Waals surface area contributed by atoms with E-state index in [9.17, 15) is 0 Å². The topological polar surface area (TPSA) is 8.81 Å². The zero-order valence-electron chi connectivity index (χ0n) is 16.5. The van der Waals surface area contributed by atoms with Gasteiger partial charge in [0, 0.05) is 22.4 Å². The monoisotopic (exact) mass is 294 g/mol. The minimum absolute atomic E-state index is 0.389. The molecule has 0 bridgehead atoms.